The number of rotatable bonds is 3. The van der Waals surface area contributed by atoms with E-state index in [9.17, 15) is 9.59 Å². The summed E-state index contributed by atoms with van der Waals surface area (Å²) in [4.78, 5) is 26.6. The van der Waals surface area contributed by atoms with Crippen LogP contribution in [0.3, 0.4) is 0 Å². The molecule has 1 aliphatic heterocycles. The number of nitrogens with one attached hydrogen (secondary N) is 1. The third kappa shape index (κ3) is 4.22. The van der Waals surface area contributed by atoms with Gasteiger partial charge in [-0.1, -0.05) is 0 Å². The number of hydrogen-bond donors (Lipinski definition) is 1. The van der Waals surface area contributed by atoms with Crippen LogP contribution >= 0.6 is 0 Å². The van der Waals surface area contributed by atoms with Gasteiger partial charge in [0.05, 0.1) is 6.54 Å². The number of urea groups is 1. The predicted molar refractivity (Wildman–Crippen MR) is 65.3 cm³/mol. The van der Waals surface area contributed by atoms with Gasteiger partial charge in [0.1, 0.15) is 0 Å². The van der Waals surface area contributed by atoms with Gasteiger partial charge >= 0.3 is 6.03 Å². The van der Waals surface area contributed by atoms with E-state index in [-0.39, 0.29) is 18.5 Å². The van der Waals surface area contributed by atoms with Gasteiger partial charge in [0.2, 0.25) is 5.91 Å². The van der Waals surface area contributed by atoms with Crippen LogP contribution in [0, 0.1) is 0 Å². The summed E-state index contributed by atoms with van der Waals surface area (Å²) in [5.41, 5.74) is 2.81. The first-order chi connectivity index (χ1) is 8.02. The highest BCUT2D eigenvalue weighted by Gasteiger charge is 2.17. The number of hydrogen-bond acceptors (Lipinski definition) is 3. The highest BCUT2D eigenvalue weighted by molar-refractivity contribution is 5.79. The average Bonchev–Trinajstić information content (AvgIpc) is 2.35. The van der Waals surface area contributed by atoms with Gasteiger partial charge in [-0.2, -0.15) is 0 Å². The quantitative estimate of drug-likeness (QED) is 0.715. The van der Waals surface area contributed by atoms with Crippen molar-refractivity contribution in [3.05, 3.63) is 0 Å². The molecular formula is C11H22N4O2. The van der Waals surface area contributed by atoms with Gasteiger partial charge < -0.3 is 9.80 Å². The zero-order valence-electron chi connectivity index (χ0n) is 10.9. The summed E-state index contributed by atoms with van der Waals surface area (Å²) in [6.07, 6.45) is 3.37. The molecule has 0 aliphatic carbocycles. The number of nitrogens with zero attached hydrogens (tertiary/aromatic N) is 3. The van der Waals surface area contributed by atoms with Crippen molar-refractivity contribution in [2.24, 2.45) is 0 Å². The fourth-order valence-corrected chi connectivity index (χ4v) is 1.81. The minimum atomic E-state index is -0.170. The molecular weight excluding hydrogens is 220 g/mol. The maximum absolute atomic E-state index is 11.8. The first-order valence-corrected chi connectivity index (χ1v) is 5.98. The number of carbonyl (C=O) groups is 2. The van der Waals surface area contributed by atoms with Gasteiger partial charge in [0, 0.05) is 34.2 Å². The molecule has 1 N–H and O–H groups in total. The van der Waals surface area contributed by atoms with Gasteiger partial charge in [-0.3, -0.25) is 9.80 Å². The van der Waals surface area contributed by atoms with E-state index in [1.54, 1.807) is 21.1 Å². The van der Waals surface area contributed by atoms with Crippen LogP contribution in [0.2, 0.25) is 0 Å². The van der Waals surface area contributed by atoms with Crippen LogP contribution in [-0.4, -0.2) is 67.5 Å². The Kier molecular flexibility index (Phi) is 5.21. The lowest BCUT2D eigenvalue weighted by Gasteiger charge is -2.28. The van der Waals surface area contributed by atoms with E-state index in [1.807, 2.05) is 4.90 Å². The first kappa shape index (κ1) is 13.8. The number of carbonyl (C=O) groups excluding carboxylic acids is 2. The molecule has 0 spiro atoms. The predicted octanol–water partition coefficient (Wildman–Crippen LogP) is 0.117. The highest BCUT2D eigenvalue weighted by atomic mass is 16.2. The van der Waals surface area contributed by atoms with Gasteiger partial charge in [0.25, 0.3) is 0 Å². The second kappa shape index (κ2) is 6.44. The summed E-state index contributed by atoms with van der Waals surface area (Å²) >= 11 is 0. The summed E-state index contributed by atoms with van der Waals surface area (Å²) < 4.78 is 0. The standard InChI is InChI=1S/C11H22N4O2/c1-13(2)11(17)14(3)12-9-10(16)15-7-5-4-6-8-15/h12H,4-9H2,1-3H3. The van der Waals surface area contributed by atoms with E-state index in [2.05, 4.69) is 5.43 Å². The van der Waals surface area contributed by atoms with E-state index in [1.165, 1.54) is 16.3 Å². The molecule has 1 saturated heterocycles. The minimum Gasteiger partial charge on any atom is -0.342 e. The smallest absolute Gasteiger partial charge is 0.333 e. The third-order valence-corrected chi connectivity index (χ3v) is 2.85. The molecule has 0 radical (unpaired) electrons. The van der Waals surface area contributed by atoms with Crippen LogP contribution in [0.4, 0.5) is 4.79 Å². The second-order valence-corrected chi connectivity index (χ2v) is 4.51. The molecule has 1 heterocycles. The van der Waals surface area contributed by atoms with Gasteiger partial charge in [0.15, 0.2) is 0 Å². The fraction of sp³-hybridized carbons (Fsp3) is 0.818. The molecule has 1 aliphatic rings. The second-order valence-electron chi connectivity index (χ2n) is 4.51. The molecule has 1 fully saturated rings. The summed E-state index contributed by atoms with van der Waals surface area (Å²) in [5, 5.41) is 1.34. The Morgan fingerprint density at radius 2 is 1.71 bits per heavy atom. The minimum absolute atomic E-state index is 0.0584. The van der Waals surface area contributed by atoms with Crippen molar-refractivity contribution in [1.29, 1.82) is 0 Å². The molecule has 0 atom stereocenters. The Bertz CT molecular complexity index is 275. The summed E-state index contributed by atoms with van der Waals surface area (Å²) in [6, 6.07) is -0.170. The molecule has 1 rings (SSSR count). The molecule has 6 nitrogen and oxygen atoms in total. The largest absolute Gasteiger partial charge is 0.342 e. The van der Waals surface area contributed by atoms with E-state index >= 15 is 0 Å². The average molecular weight is 242 g/mol. The van der Waals surface area contributed by atoms with Crippen LogP contribution in [-0.2, 0) is 4.79 Å². The fourth-order valence-electron chi connectivity index (χ4n) is 1.81. The lowest BCUT2D eigenvalue weighted by Crippen LogP contribution is -2.50. The van der Waals surface area contributed by atoms with Crippen molar-refractivity contribution in [2.45, 2.75) is 19.3 Å². The molecule has 0 aromatic carbocycles. The SMILES string of the molecule is CN(C)C(=O)N(C)NCC(=O)N1CCCCC1. The van der Waals surface area contributed by atoms with Crippen molar-refractivity contribution in [1.82, 2.24) is 20.2 Å². The van der Waals surface area contributed by atoms with Crippen LogP contribution in [0.1, 0.15) is 19.3 Å². The van der Waals surface area contributed by atoms with Gasteiger partial charge in [-0.15, -0.1) is 0 Å². The molecule has 17 heavy (non-hydrogen) atoms. The monoisotopic (exact) mass is 242 g/mol. The van der Waals surface area contributed by atoms with Crippen molar-refractivity contribution < 1.29 is 9.59 Å². The van der Waals surface area contributed by atoms with E-state index in [0.29, 0.717) is 0 Å². The summed E-state index contributed by atoms with van der Waals surface area (Å²) in [6.45, 7) is 1.85. The van der Waals surface area contributed by atoms with Crippen LogP contribution in [0.25, 0.3) is 0 Å². The topological polar surface area (TPSA) is 55.9 Å². The molecule has 0 aromatic heterocycles. The Balaban J connectivity index is 2.29. The van der Waals surface area contributed by atoms with Gasteiger partial charge in [-0.05, 0) is 19.3 Å². The zero-order valence-corrected chi connectivity index (χ0v) is 10.9. The normalized spacial score (nSPS) is 15.6. The van der Waals surface area contributed by atoms with E-state index in [0.717, 1.165) is 25.9 Å². The number of piperidine rings is 1. The van der Waals surface area contributed by atoms with Crippen LogP contribution in [0.15, 0.2) is 0 Å². The number of likely N-dealkylation sites (tertiary alicyclic amines) is 1. The Labute approximate surface area is 103 Å². The van der Waals surface area contributed by atoms with E-state index < -0.39 is 0 Å². The molecule has 6 heteroatoms. The highest BCUT2D eigenvalue weighted by Crippen LogP contribution is 2.08. The number of amides is 3. The Morgan fingerprint density at radius 1 is 1.12 bits per heavy atom. The maximum atomic E-state index is 11.8. The Hall–Kier alpha value is -1.30. The van der Waals surface area contributed by atoms with Gasteiger partial charge in [-0.25, -0.2) is 10.2 Å². The molecule has 0 unspecified atom stereocenters. The van der Waals surface area contributed by atoms with Crippen molar-refractivity contribution in [3.63, 3.8) is 0 Å². The lowest BCUT2D eigenvalue weighted by molar-refractivity contribution is -0.131. The third-order valence-electron chi connectivity index (χ3n) is 2.85. The molecule has 0 bridgehead atoms. The lowest BCUT2D eigenvalue weighted by atomic mass is 10.1. The zero-order chi connectivity index (χ0) is 12.8. The van der Waals surface area contributed by atoms with Crippen LogP contribution < -0.4 is 5.43 Å². The summed E-state index contributed by atoms with van der Waals surface area (Å²) in [5.74, 6) is 0.0584. The van der Waals surface area contributed by atoms with Crippen molar-refractivity contribution in [2.75, 3.05) is 40.8 Å². The molecule has 0 saturated carbocycles. The van der Waals surface area contributed by atoms with Crippen molar-refractivity contribution in [3.8, 4) is 0 Å². The first-order valence-electron chi connectivity index (χ1n) is 5.98. The number of hydrazine groups is 1. The maximum Gasteiger partial charge on any atom is 0.333 e. The Morgan fingerprint density at radius 3 is 2.24 bits per heavy atom. The van der Waals surface area contributed by atoms with Crippen molar-refractivity contribution >= 4 is 11.9 Å². The summed E-state index contributed by atoms with van der Waals surface area (Å²) in [7, 11) is 4.96. The van der Waals surface area contributed by atoms with Crippen LogP contribution in [0.5, 0.6) is 0 Å². The molecule has 98 valence electrons. The van der Waals surface area contributed by atoms with E-state index in [4.69, 9.17) is 0 Å². The molecule has 0 aromatic rings. The molecule has 3 amide bonds.